The molecule has 0 bridgehead atoms. The lowest BCUT2D eigenvalue weighted by Gasteiger charge is -1.98. The Morgan fingerprint density at radius 1 is 1.27 bits per heavy atom. The van der Waals surface area contributed by atoms with Gasteiger partial charge in [0.15, 0.2) is 0 Å². The van der Waals surface area contributed by atoms with Gasteiger partial charge < -0.3 is 5.11 Å². The molecule has 1 aromatic carbocycles. The second kappa shape index (κ2) is 3.15. The molecule has 1 N–H and O–H groups in total. The van der Waals surface area contributed by atoms with Crippen molar-refractivity contribution in [2.75, 3.05) is 0 Å². The van der Waals surface area contributed by atoms with Crippen LogP contribution >= 0.6 is 11.6 Å². The van der Waals surface area contributed by atoms with Gasteiger partial charge in [-0.05, 0) is 17.7 Å². The number of hydrogen-bond acceptors (Lipinski definition) is 1. The Balaban J connectivity index is 3.21. The summed E-state index contributed by atoms with van der Waals surface area (Å²) in [6.07, 6.45) is 0. The highest BCUT2D eigenvalue weighted by atomic mass is 35.5. The molecule has 0 saturated heterocycles. The summed E-state index contributed by atoms with van der Waals surface area (Å²) in [4.78, 5) is 0. The van der Waals surface area contributed by atoms with Crippen molar-refractivity contribution in [1.82, 2.24) is 0 Å². The molecule has 0 aliphatic rings. The average molecular weight is 178 g/mol. The lowest BCUT2D eigenvalue weighted by Crippen LogP contribution is -1.88. The molecule has 0 saturated carbocycles. The van der Waals surface area contributed by atoms with E-state index >= 15 is 0 Å². The van der Waals surface area contributed by atoms with Gasteiger partial charge in [-0.25, -0.2) is 8.78 Å². The molecule has 59 valence electrons. The number of aliphatic hydroxyl groups is 1. The molecule has 0 aromatic heterocycles. The summed E-state index contributed by atoms with van der Waals surface area (Å²) < 4.78 is 25.0. The molecule has 1 radical (unpaired) electrons. The zero-order chi connectivity index (χ0) is 8.43. The Kier molecular flexibility index (Phi) is 2.42. The monoisotopic (exact) mass is 177 g/mol. The third-order valence-electron chi connectivity index (χ3n) is 1.16. The zero-order valence-corrected chi connectivity index (χ0v) is 6.07. The first-order chi connectivity index (χ1) is 5.15. The molecule has 0 heterocycles. The first-order valence-electron chi connectivity index (χ1n) is 2.77. The Bertz CT molecular complexity index is 252. The van der Waals surface area contributed by atoms with Crippen LogP contribution in [0.25, 0.3) is 0 Å². The molecular formula is C7H4ClF2O. The van der Waals surface area contributed by atoms with Gasteiger partial charge in [-0.15, -0.1) is 0 Å². The van der Waals surface area contributed by atoms with Crippen LogP contribution in [0, 0.1) is 18.2 Å². The number of hydrogen-bond donors (Lipinski definition) is 1. The summed E-state index contributed by atoms with van der Waals surface area (Å²) in [5.74, 6) is -1.76. The van der Waals surface area contributed by atoms with E-state index in [4.69, 9.17) is 16.7 Å². The van der Waals surface area contributed by atoms with Crippen molar-refractivity contribution in [2.24, 2.45) is 0 Å². The van der Waals surface area contributed by atoms with Crippen LogP contribution in [0.15, 0.2) is 12.1 Å². The number of aliphatic hydroxyl groups excluding tert-OH is 1. The van der Waals surface area contributed by atoms with E-state index in [0.717, 1.165) is 12.1 Å². The van der Waals surface area contributed by atoms with Gasteiger partial charge in [0.2, 0.25) is 0 Å². The molecule has 0 fully saturated rings. The van der Waals surface area contributed by atoms with Crippen molar-refractivity contribution in [3.63, 3.8) is 0 Å². The van der Waals surface area contributed by atoms with Crippen molar-refractivity contribution >= 4 is 11.6 Å². The van der Waals surface area contributed by atoms with Gasteiger partial charge in [-0.1, -0.05) is 11.6 Å². The lowest BCUT2D eigenvalue weighted by atomic mass is 10.2. The summed E-state index contributed by atoms with van der Waals surface area (Å²) in [5, 5.41) is 7.82. The van der Waals surface area contributed by atoms with Crippen molar-refractivity contribution in [3.8, 4) is 0 Å². The summed E-state index contributed by atoms with van der Waals surface area (Å²) in [7, 11) is 0. The molecule has 11 heavy (non-hydrogen) atoms. The van der Waals surface area contributed by atoms with Crippen molar-refractivity contribution in [2.45, 2.75) is 0 Å². The fourth-order valence-corrected chi connectivity index (χ4v) is 0.759. The molecule has 1 nitrogen and oxygen atoms in total. The van der Waals surface area contributed by atoms with Crippen molar-refractivity contribution in [3.05, 3.63) is 41.0 Å². The second-order valence-electron chi connectivity index (χ2n) is 1.93. The smallest absolute Gasteiger partial charge is 0.145 e. The van der Waals surface area contributed by atoms with E-state index < -0.39 is 16.7 Å². The predicted molar refractivity (Wildman–Crippen MR) is 36.7 cm³/mol. The van der Waals surface area contributed by atoms with E-state index in [1.54, 1.807) is 0 Å². The molecular weight excluding hydrogens is 174 g/mol. The van der Waals surface area contributed by atoms with Gasteiger partial charge in [0.1, 0.15) is 23.3 Å². The largest absolute Gasteiger partial charge is 0.385 e. The van der Waals surface area contributed by atoms with Crippen LogP contribution < -0.4 is 0 Å². The summed E-state index contributed by atoms with van der Waals surface area (Å²) >= 11 is 5.16. The van der Waals surface area contributed by atoms with E-state index in [9.17, 15) is 8.78 Å². The molecule has 4 heteroatoms. The Hall–Kier alpha value is -0.670. The van der Waals surface area contributed by atoms with Crippen molar-refractivity contribution < 1.29 is 13.9 Å². The van der Waals surface area contributed by atoms with Gasteiger partial charge >= 0.3 is 0 Å². The standard InChI is InChI=1S/C7H4ClF2O/c8-7-5(9)1-4(3-11)2-6(7)10/h1-3,11H. The summed E-state index contributed by atoms with van der Waals surface area (Å²) in [6, 6.07) is 1.87. The quantitative estimate of drug-likeness (QED) is 0.654. The first kappa shape index (κ1) is 8.43. The molecule has 1 rings (SSSR count). The molecule has 0 aliphatic carbocycles. The highest BCUT2D eigenvalue weighted by molar-refractivity contribution is 6.30. The van der Waals surface area contributed by atoms with Gasteiger partial charge in [0.05, 0.1) is 0 Å². The van der Waals surface area contributed by atoms with Crippen LogP contribution in [-0.4, -0.2) is 5.11 Å². The number of halogens is 3. The molecule has 0 amide bonds. The zero-order valence-electron chi connectivity index (χ0n) is 5.31. The third-order valence-corrected chi connectivity index (χ3v) is 1.52. The van der Waals surface area contributed by atoms with Crippen LogP contribution in [0.1, 0.15) is 5.56 Å². The summed E-state index contributed by atoms with van der Waals surface area (Å²) in [5.41, 5.74) is 0.0457. The Morgan fingerprint density at radius 3 is 2.09 bits per heavy atom. The number of rotatable bonds is 1. The second-order valence-corrected chi connectivity index (χ2v) is 2.31. The third kappa shape index (κ3) is 1.67. The van der Waals surface area contributed by atoms with Crippen LogP contribution in [-0.2, 0) is 0 Å². The van der Waals surface area contributed by atoms with Crippen LogP contribution in [0.3, 0.4) is 0 Å². The topological polar surface area (TPSA) is 20.2 Å². The van der Waals surface area contributed by atoms with Gasteiger partial charge in [-0.3, -0.25) is 0 Å². The highest BCUT2D eigenvalue weighted by Gasteiger charge is 2.07. The first-order valence-corrected chi connectivity index (χ1v) is 3.15. The highest BCUT2D eigenvalue weighted by Crippen LogP contribution is 2.20. The van der Waals surface area contributed by atoms with E-state index in [-0.39, 0.29) is 5.56 Å². The van der Waals surface area contributed by atoms with Gasteiger partial charge in [-0.2, -0.15) is 0 Å². The lowest BCUT2D eigenvalue weighted by molar-refractivity contribution is 0.413. The van der Waals surface area contributed by atoms with Crippen LogP contribution in [0.4, 0.5) is 8.78 Å². The van der Waals surface area contributed by atoms with Gasteiger partial charge in [0.25, 0.3) is 0 Å². The predicted octanol–water partition coefficient (Wildman–Crippen LogP) is 2.50. The van der Waals surface area contributed by atoms with Crippen LogP contribution in [0.5, 0.6) is 0 Å². The molecule has 1 aromatic rings. The van der Waals surface area contributed by atoms with E-state index in [2.05, 4.69) is 0 Å². The molecule has 0 atom stereocenters. The molecule has 0 aliphatic heterocycles. The normalized spacial score (nSPS) is 10.2. The van der Waals surface area contributed by atoms with E-state index in [1.807, 2.05) is 0 Å². The molecule has 0 unspecified atom stereocenters. The van der Waals surface area contributed by atoms with Crippen LogP contribution in [0.2, 0.25) is 5.02 Å². The fourth-order valence-electron chi connectivity index (χ4n) is 0.650. The summed E-state index contributed by atoms with van der Waals surface area (Å²) in [6.45, 7) is 0.600. The minimum Gasteiger partial charge on any atom is -0.385 e. The van der Waals surface area contributed by atoms with Crippen molar-refractivity contribution in [1.29, 1.82) is 0 Å². The van der Waals surface area contributed by atoms with Gasteiger partial charge in [0, 0.05) is 0 Å². The maximum atomic E-state index is 12.5. The average Bonchev–Trinajstić information content (AvgIpc) is 1.99. The van der Waals surface area contributed by atoms with E-state index in [0.29, 0.717) is 6.61 Å². The minimum absolute atomic E-state index is 0.0457. The SMILES string of the molecule is O[CH]c1cc(F)c(Cl)c(F)c1. The maximum Gasteiger partial charge on any atom is 0.145 e. The molecule has 0 spiro atoms. The van der Waals surface area contributed by atoms with E-state index in [1.165, 1.54) is 0 Å². The Labute approximate surface area is 67.2 Å². The minimum atomic E-state index is -0.882. The fraction of sp³-hybridized carbons (Fsp3) is 0. The maximum absolute atomic E-state index is 12.5. The Morgan fingerprint density at radius 2 is 1.73 bits per heavy atom. The number of benzene rings is 1.